The van der Waals surface area contributed by atoms with Crippen molar-refractivity contribution in [3.05, 3.63) is 96.7 Å². The average molecular weight is 592 g/mol. The Morgan fingerprint density at radius 1 is 0.857 bits per heavy atom. The molecule has 10 heteroatoms. The maximum atomic E-state index is 14.2. The summed E-state index contributed by atoms with van der Waals surface area (Å²) in [6.07, 6.45) is 0.892. The number of hydrogen-bond donors (Lipinski definition) is 0. The molecule has 0 radical (unpaired) electrons. The van der Waals surface area contributed by atoms with Crippen LogP contribution in [0, 0.1) is 0 Å². The highest BCUT2D eigenvalue weighted by atomic mass is 32.2. The second kappa shape index (κ2) is 13.7. The first-order valence-corrected chi connectivity index (χ1v) is 15.1. The highest BCUT2D eigenvalue weighted by Crippen LogP contribution is 2.29. The minimum atomic E-state index is -4.08. The van der Waals surface area contributed by atoms with Crippen molar-refractivity contribution in [1.82, 2.24) is 9.88 Å². The number of methoxy groups -OCH3 is 1. The summed E-state index contributed by atoms with van der Waals surface area (Å²) < 4.78 is 46.4. The van der Waals surface area contributed by atoms with E-state index in [4.69, 9.17) is 14.2 Å². The second-order valence-electron chi connectivity index (χ2n) is 10.6. The number of hydrogen-bond acceptors (Lipinski definition) is 7. The van der Waals surface area contributed by atoms with Gasteiger partial charge in [-0.25, -0.2) is 18.2 Å². The molecule has 4 aromatic rings. The predicted molar refractivity (Wildman–Crippen MR) is 163 cm³/mol. The van der Waals surface area contributed by atoms with Crippen LogP contribution in [0.5, 0.6) is 5.88 Å². The van der Waals surface area contributed by atoms with Gasteiger partial charge in [-0.3, -0.25) is 4.31 Å². The molecule has 0 aliphatic carbocycles. The van der Waals surface area contributed by atoms with Gasteiger partial charge >= 0.3 is 6.09 Å². The van der Waals surface area contributed by atoms with Gasteiger partial charge < -0.3 is 19.1 Å². The Balaban J connectivity index is 1.61. The quantitative estimate of drug-likeness (QED) is 0.189. The van der Waals surface area contributed by atoms with Crippen molar-refractivity contribution in [2.45, 2.75) is 37.9 Å². The lowest BCUT2D eigenvalue weighted by molar-refractivity contribution is 0.0171. The highest BCUT2D eigenvalue weighted by Gasteiger charge is 2.29. The van der Waals surface area contributed by atoms with Crippen LogP contribution in [0.2, 0.25) is 0 Å². The monoisotopic (exact) mass is 591 g/mol. The van der Waals surface area contributed by atoms with E-state index in [9.17, 15) is 13.2 Å². The molecule has 0 fully saturated rings. The molecule has 1 heterocycles. The number of sulfonamides is 1. The number of carbonyl (C=O) groups excluding carboxylic acids is 1. The standard InChI is InChI=1S/C32H37N3O6S/c1-32(2,3)41-31(36)34(21-22-40-24-25-11-6-5-7-12-25)19-20-35(27-17-18-30(39-4)33-23-27)42(37,38)29-16-10-14-26-13-8-9-15-28(26)29/h5-18,23H,19-22,24H2,1-4H3. The Labute approximate surface area is 247 Å². The van der Waals surface area contributed by atoms with E-state index in [-0.39, 0.29) is 31.1 Å². The molecule has 0 unspecified atom stereocenters. The Morgan fingerprint density at radius 3 is 2.26 bits per heavy atom. The molecular formula is C32H37N3O6S. The van der Waals surface area contributed by atoms with E-state index in [1.807, 2.05) is 48.5 Å². The molecule has 0 aliphatic rings. The summed E-state index contributed by atoms with van der Waals surface area (Å²) in [5.74, 6) is 0.354. The lowest BCUT2D eigenvalue weighted by Gasteiger charge is -2.30. The predicted octanol–water partition coefficient (Wildman–Crippen LogP) is 5.89. The van der Waals surface area contributed by atoms with E-state index in [0.29, 0.717) is 23.6 Å². The summed E-state index contributed by atoms with van der Waals surface area (Å²) in [6, 6.07) is 25.5. The number of pyridine rings is 1. The van der Waals surface area contributed by atoms with Crippen LogP contribution < -0.4 is 9.04 Å². The molecule has 0 bridgehead atoms. The molecule has 1 aromatic heterocycles. The molecular weight excluding hydrogens is 554 g/mol. The topological polar surface area (TPSA) is 98.3 Å². The van der Waals surface area contributed by atoms with Crippen molar-refractivity contribution in [2.24, 2.45) is 0 Å². The smallest absolute Gasteiger partial charge is 0.410 e. The molecule has 42 heavy (non-hydrogen) atoms. The van der Waals surface area contributed by atoms with Crippen LogP contribution in [0.25, 0.3) is 10.8 Å². The molecule has 1 amide bonds. The van der Waals surface area contributed by atoms with Crippen molar-refractivity contribution < 1.29 is 27.4 Å². The molecule has 0 saturated heterocycles. The summed E-state index contributed by atoms with van der Waals surface area (Å²) in [7, 11) is -2.58. The SMILES string of the molecule is COc1ccc(N(CCN(CCOCc2ccccc2)C(=O)OC(C)(C)C)S(=O)(=O)c2cccc3ccccc23)cn1. The number of aromatic nitrogens is 1. The molecule has 0 atom stereocenters. The third-order valence-corrected chi connectivity index (χ3v) is 8.26. The minimum absolute atomic E-state index is 0.0442. The molecule has 0 spiro atoms. The molecule has 0 N–H and O–H groups in total. The molecule has 222 valence electrons. The summed E-state index contributed by atoms with van der Waals surface area (Å²) in [5, 5.41) is 1.40. The number of rotatable bonds is 12. The van der Waals surface area contributed by atoms with E-state index >= 15 is 0 Å². The fourth-order valence-corrected chi connectivity index (χ4v) is 6.00. The number of ether oxygens (including phenoxy) is 3. The maximum absolute atomic E-state index is 14.2. The normalized spacial score (nSPS) is 11.7. The van der Waals surface area contributed by atoms with Crippen molar-refractivity contribution in [3.8, 4) is 5.88 Å². The number of amides is 1. The van der Waals surface area contributed by atoms with Gasteiger partial charge in [0, 0.05) is 24.5 Å². The summed E-state index contributed by atoms with van der Waals surface area (Å²) in [6.45, 7) is 6.22. The first-order valence-electron chi connectivity index (χ1n) is 13.7. The van der Waals surface area contributed by atoms with Crippen LogP contribution in [0.4, 0.5) is 10.5 Å². The van der Waals surface area contributed by atoms with Gasteiger partial charge in [-0.15, -0.1) is 0 Å². The third-order valence-electron chi connectivity index (χ3n) is 6.38. The Bertz CT molecular complexity index is 1570. The van der Waals surface area contributed by atoms with Gasteiger partial charge in [-0.05, 0) is 43.9 Å². The zero-order chi connectivity index (χ0) is 30.2. The molecule has 0 saturated carbocycles. The van der Waals surface area contributed by atoms with Crippen molar-refractivity contribution in [3.63, 3.8) is 0 Å². The van der Waals surface area contributed by atoms with E-state index in [2.05, 4.69) is 4.98 Å². The second-order valence-corrected chi connectivity index (χ2v) is 12.4. The first-order chi connectivity index (χ1) is 20.1. The van der Waals surface area contributed by atoms with Crippen LogP contribution in [-0.2, 0) is 26.1 Å². The van der Waals surface area contributed by atoms with Gasteiger partial charge in [0.2, 0.25) is 5.88 Å². The lowest BCUT2D eigenvalue weighted by atomic mass is 10.1. The molecule has 0 aliphatic heterocycles. The number of benzene rings is 3. The van der Waals surface area contributed by atoms with E-state index in [1.165, 1.54) is 22.5 Å². The summed E-state index contributed by atoms with van der Waals surface area (Å²) in [4.78, 5) is 19.1. The third kappa shape index (κ3) is 7.98. The Kier molecular flexibility index (Phi) is 10.0. The Morgan fingerprint density at radius 2 is 1.57 bits per heavy atom. The van der Waals surface area contributed by atoms with Gasteiger partial charge in [-0.2, -0.15) is 0 Å². The Hall–Kier alpha value is -4.15. The van der Waals surface area contributed by atoms with Gasteiger partial charge in [0.1, 0.15) is 5.60 Å². The zero-order valence-corrected chi connectivity index (χ0v) is 25.2. The van der Waals surface area contributed by atoms with Gasteiger partial charge in [0.25, 0.3) is 10.0 Å². The average Bonchev–Trinajstić information content (AvgIpc) is 2.97. The summed E-state index contributed by atoms with van der Waals surface area (Å²) >= 11 is 0. The van der Waals surface area contributed by atoms with E-state index in [0.717, 1.165) is 10.9 Å². The van der Waals surface area contributed by atoms with Crippen molar-refractivity contribution in [1.29, 1.82) is 0 Å². The number of carbonyl (C=O) groups is 1. The van der Waals surface area contributed by atoms with Gasteiger partial charge in [-0.1, -0.05) is 66.7 Å². The van der Waals surface area contributed by atoms with Crippen molar-refractivity contribution >= 4 is 32.6 Å². The fourth-order valence-electron chi connectivity index (χ4n) is 4.34. The zero-order valence-electron chi connectivity index (χ0n) is 24.4. The van der Waals surface area contributed by atoms with Gasteiger partial charge in [0.15, 0.2) is 0 Å². The maximum Gasteiger partial charge on any atom is 0.410 e. The van der Waals surface area contributed by atoms with Gasteiger partial charge in [0.05, 0.1) is 43.6 Å². The largest absolute Gasteiger partial charge is 0.481 e. The number of anilines is 1. The number of fused-ring (bicyclic) bond motifs is 1. The van der Waals surface area contributed by atoms with E-state index < -0.39 is 21.7 Å². The molecule has 4 rings (SSSR count). The van der Waals surface area contributed by atoms with Crippen molar-refractivity contribution in [2.75, 3.05) is 37.7 Å². The van der Waals surface area contributed by atoms with E-state index in [1.54, 1.807) is 57.2 Å². The van der Waals surface area contributed by atoms with Crippen LogP contribution in [0.1, 0.15) is 26.3 Å². The van der Waals surface area contributed by atoms with Crippen LogP contribution >= 0.6 is 0 Å². The number of nitrogens with zero attached hydrogens (tertiary/aromatic N) is 3. The molecule has 9 nitrogen and oxygen atoms in total. The fraction of sp³-hybridized carbons (Fsp3) is 0.312. The molecule has 3 aromatic carbocycles. The highest BCUT2D eigenvalue weighted by molar-refractivity contribution is 7.93. The van der Waals surface area contributed by atoms with Crippen LogP contribution in [0.15, 0.2) is 96.0 Å². The lowest BCUT2D eigenvalue weighted by Crippen LogP contribution is -2.44. The minimum Gasteiger partial charge on any atom is -0.481 e. The summed E-state index contributed by atoms with van der Waals surface area (Å²) in [5.41, 5.74) is 0.628. The first kappa shape index (κ1) is 30.8. The van der Waals surface area contributed by atoms with Crippen LogP contribution in [-0.4, -0.2) is 63.3 Å². The van der Waals surface area contributed by atoms with Crippen LogP contribution in [0.3, 0.4) is 0 Å².